The maximum atomic E-state index is 11.7. The number of hydrogen-bond acceptors (Lipinski definition) is 6. The summed E-state index contributed by atoms with van der Waals surface area (Å²) in [5, 5.41) is 22.1. The van der Waals surface area contributed by atoms with E-state index in [-0.39, 0.29) is 17.8 Å². The fourth-order valence-electron chi connectivity index (χ4n) is 1.41. The Hall–Kier alpha value is -2.68. The molecule has 0 saturated heterocycles. The Labute approximate surface area is 115 Å². The lowest BCUT2D eigenvalue weighted by Crippen LogP contribution is -2.24. The Balaban J connectivity index is 2.04. The Kier molecular flexibility index (Phi) is 3.80. The van der Waals surface area contributed by atoms with Crippen molar-refractivity contribution in [3.05, 3.63) is 44.1 Å². The van der Waals surface area contributed by atoms with Gasteiger partial charge in [-0.05, 0) is 0 Å². The molecule has 0 radical (unpaired) electrons. The SMILES string of the molecule is O=C(NCc1nc(C(=O)O)cs1)c1cc(O)[nH]c(=O)c1. The molecule has 0 atom stereocenters. The molecule has 2 aromatic rings. The van der Waals surface area contributed by atoms with E-state index in [1.54, 1.807) is 0 Å². The summed E-state index contributed by atoms with van der Waals surface area (Å²) >= 11 is 1.10. The maximum absolute atomic E-state index is 11.7. The van der Waals surface area contributed by atoms with Gasteiger partial charge < -0.3 is 15.5 Å². The Morgan fingerprint density at radius 1 is 1.40 bits per heavy atom. The van der Waals surface area contributed by atoms with Gasteiger partial charge >= 0.3 is 5.97 Å². The summed E-state index contributed by atoms with van der Waals surface area (Å²) in [6.07, 6.45) is 0. The van der Waals surface area contributed by atoms with Crippen molar-refractivity contribution >= 4 is 23.2 Å². The Morgan fingerprint density at radius 3 is 2.75 bits per heavy atom. The molecule has 4 N–H and O–H groups in total. The van der Waals surface area contributed by atoms with E-state index < -0.39 is 23.3 Å². The number of hydrogen-bond donors (Lipinski definition) is 4. The number of carboxylic acids is 1. The summed E-state index contributed by atoms with van der Waals surface area (Å²) < 4.78 is 0. The number of aromatic nitrogens is 2. The van der Waals surface area contributed by atoms with Crippen LogP contribution in [0.4, 0.5) is 0 Å². The van der Waals surface area contributed by atoms with Crippen molar-refractivity contribution in [3.8, 4) is 5.88 Å². The first-order valence-electron chi connectivity index (χ1n) is 5.35. The van der Waals surface area contributed by atoms with Crippen LogP contribution in [0.3, 0.4) is 0 Å². The van der Waals surface area contributed by atoms with Gasteiger partial charge in [-0.25, -0.2) is 9.78 Å². The third-order valence-corrected chi connectivity index (χ3v) is 3.11. The monoisotopic (exact) mass is 295 g/mol. The summed E-state index contributed by atoms with van der Waals surface area (Å²) in [5.41, 5.74) is -0.688. The van der Waals surface area contributed by atoms with Crippen molar-refractivity contribution in [2.45, 2.75) is 6.54 Å². The van der Waals surface area contributed by atoms with Gasteiger partial charge in [0.15, 0.2) is 11.6 Å². The van der Waals surface area contributed by atoms with Gasteiger partial charge in [-0.2, -0.15) is 0 Å². The summed E-state index contributed by atoms with van der Waals surface area (Å²) in [7, 11) is 0. The van der Waals surface area contributed by atoms with Crippen LogP contribution in [0.5, 0.6) is 5.88 Å². The van der Waals surface area contributed by atoms with Crippen LogP contribution in [0.1, 0.15) is 25.9 Å². The minimum Gasteiger partial charge on any atom is -0.494 e. The topological polar surface area (TPSA) is 132 Å². The van der Waals surface area contributed by atoms with Crippen LogP contribution in [-0.2, 0) is 6.54 Å². The van der Waals surface area contributed by atoms with Gasteiger partial charge in [0.2, 0.25) is 0 Å². The maximum Gasteiger partial charge on any atom is 0.355 e. The molecular weight excluding hydrogens is 286 g/mol. The molecule has 104 valence electrons. The predicted molar refractivity (Wildman–Crippen MR) is 69.0 cm³/mol. The van der Waals surface area contributed by atoms with E-state index in [1.165, 1.54) is 5.38 Å². The van der Waals surface area contributed by atoms with Gasteiger partial charge in [-0.1, -0.05) is 0 Å². The lowest BCUT2D eigenvalue weighted by molar-refractivity contribution is 0.0691. The van der Waals surface area contributed by atoms with E-state index in [0.29, 0.717) is 5.01 Å². The molecule has 0 aromatic carbocycles. The van der Waals surface area contributed by atoms with Crippen LogP contribution in [0.2, 0.25) is 0 Å². The van der Waals surface area contributed by atoms with Crippen molar-refractivity contribution in [3.63, 3.8) is 0 Å². The molecule has 0 aliphatic rings. The zero-order valence-electron chi connectivity index (χ0n) is 9.91. The highest BCUT2D eigenvalue weighted by molar-refractivity contribution is 7.09. The molecule has 20 heavy (non-hydrogen) atoms. The molecule has 1 amide bonds. The van der Waals surface area contributed by atoms with Crippen molar-refractivity contribution in [1.82, 2.24) is 15.3 Å². The molecule has 0 bridgehead atoms. The van der Waals surface area contributed by atoms with Crippen molar-refractivity contribution in [2.24, 2.45) is 0 Å². The van der Waals surface area contributed by atoms with Crippen LogP contribution >= 0.6 is 11.3 Å². The highest BCUT2D eigenvalue weighted by Gasteiger charge is 2.11. The van der Waals surface area contributed by atoms with Gasteiger partial charge in [0.1, 0.15) is 5.01 Å². The minimum absolute atomic E-state index is 0.00117. The second-order valence-electron chi connectivity index (χ2n) is 3.73. The van der Waals surface area contributed by atoms with E-state index in [1.807, 2.05) is 0 Å². The first kappa shape index (κ1) is 13.7. The molecular formula is C11H9N3O5S. The number of pyridine rings is 1. The fraction of sp³-hybridized carbons (Fsp3) is 0.0909. The number of nitrogens with zero attached hydrogens (tertiary/aromatic N) is 1. The van der Waals surface area contributed by atoms with E-state index >= 15 is 0 Å². The van der Waals surface area contributed by atoms with Crippen LogP contribution in [-0.4, -0.2) is 32.1 Å². The minimum atomic E-state index is -1.14. The zero-order chi connectivity index (χ0) is 14.7. The number of rotatable bonds is 4. The molecule has 2 aromatic heterocycles. The Morgan fingerprint density at radius 2 is 2.15 bits per heavy atom. The fourth-order valence-corrected chi connectivity index (χ4v) is 2.12. The third kappa shape index (κ3) is 3.20. The summed E-state index contributed by atoms with van der Waals surface area (Å²) in [6, 6.07) is 2.15. The highest BCUT2D eigenvalue weighted by Crippen LogP contribution is 2.10. The molecule has 0 saturated carbocycles. The molecule has 0 aliphatic heterocycles. The number of aromatic amines is 1. The summed E-state index contributed by atoms with van der Waals surface area (Å²) in [6.45, 7) is 0.0321. The molecule has 2 heterocycles. The smallest absolute Gasteiger partial charge is 0.355 e. The lowest BCUT2D eigenvalue weighted by Gasteiger charge is -2.03. The molecule has 2 rings (SSSR count). The lowest BCUT2D eigenvalue weighted by atomic mass is 10.2. The van der Waals surface area contributed by atoms with Gasteiger partial charge in [-0.15, -0.1) is 11.3 Å². The number of aromatic carboxylic acids is 1. The average Bonchev–Trinajstić information content (AvgIpc) is 2.83. The number of thiazole rings is 1. The third-order valence-electron chi connectivity index (χ3n) is 2.26. The Bertz CT molecular complexity index is 721. The van der Waals surface area contributed by atoms with Crippen molar-refractivity contribution in [2.75, 3.05) is 0 Å². The quantitative estimate of drug-likeness (QED) is 0.635. The molecule has 8 nitrogen and oxygen atoms in total. The van der Waals surface area contributed by atoms with E-state index in [9.17, 15) is 19.5 Å². The predicted octanol–water partition coefficient (Wildman–Crippen LogP) is 0.165. The summed E-state index contributed by atoms with van der Waals surface area (Å²) in [5.74, 6) is -2.12. The molecule has 0 aliphatic carbocycles. The van der Waals surface area contributed by atoms with E-state index in [0.717, 1.165) is 23.5 Å². The normalized spacial score (nSPS) is 10.2. The number of carbonyl (C=O) groups is 2. The average molecular weight is 295 g/mol. The first-order chi connectivity index (χ1) is 9.45. The molecule has 0 fully saturated rings. The van der Waals surface area contributed by atoms with Crippen molar-refractivity contribution < 1.29 is 19.8 Å². The van der Waals surface area contributed by atoms with Crippen LogP contribution in [0.15, 0.2) is 22.3 Å². The first-order valence-corrected chi connectivity index (χ1v) is 6.23. The molecule has 0 spiro atoms. The standard InChI is InChI=1S/C11H9N3O5S/c15-7-1-5(2-8(16)14-7)10(17)12-3-9-13-6(4-20-9)11(18)19/h1-2,4H,3H2,(H,12,17)(H,18,19)(H2,14,15,16). The van der Waals surface area contributed by atoms with Gasteiger partial charge in [0.05, 0.1) is 12.1 Å². The van der Waals surface area contributed by atoms with E-state index in [2.05, 4.69) is 15.3 Å². The van der Waals surface area contributed by atoms with Crippen LogP contribution in [0.25, 0.3) is 0 Å². The van der Waals surface area contributed by atoms with Gasteiger partial charge in [-0.3, -0.25) is 14.6 Å². The van der Waals surface area contributed by atoms with Gasteiger partial charge in [0, 0.05) is 17.5 Å². The number of H-pyrrole nitrogens is 1. The number of amides is 1. The number of nitrogens with one attached hydrogen (secondary N) is 2. The van der Waals surface area contributed by atoms with E-state index in [4.69, 9.17) is 5.11 Å². The zero-order valence-corrected chi connectivity index (χ0v) is 10.7. The second-order valence-corrected chi connectivity index (χ2v) is 4.68. The largest absolute Gasteiger partial charge is 0.494 e. The summed E-state index contributed by atoms with van der Waals surface area (Å²) in [4.78, 5) is 39.4. The molecule has 9 heteroatoms. The second kappa shape index (κ2) is 5.53. The van der Waals surface area contributed by atoms with Crippen LogP contribution < -0.4 is 10.9 Å². The number of carbonyl (C=O) groups excluding carboxylic acids is 1. The number of aromatic hydroxyl groups is 1. The van der Waals surface area contributed by atoms with Gasteiger partial charge in [0.25, 0.3) is 11.5 Å². The van der Waals surface area contributed by atoms with Crippen LogP contribution in [0, 0.1) is 0 Å². The van der Waals surface area contributed by atoms with Crippen molar-refractivity contribution in [1.29, 1.82) is 0 Å². The highest BCUT2D eigenvalue weighted by atomic mass is 32.1. The number of carboxylic acid groups (broad SMARTS) is 1. The molecule has 0 unspecified atom stereocenters.